The fraction of sp³-hybridized carbons (Fsp3) is 0.500. The van der Waals surface area contributed by atoms with Crippen LogP contribution in [0.15, 0.2) is 30.3 Å². The summed E-state index contributed by atoms with van der Waals surface area (Å²) in [5.41, 5.74) is 1.07. The lowest BCUT2D eigenvalue weighted by Crippen LogP contribution is -2.28. The number of piperidine rings is 1. The third kappa shape index (κ3) is 4.06. The molecule has 8 heteroatoms. The van der Waals surface area contributed by atoms with Crippen molar-refractivity contribution < 1.29 is 9.59 Å². The monoisotopic (exact) mass is 382 g/mol. The Morgan fingerprint density at radius 3 is 2.75 bits per heavy atom. The quantitative estimate of drug-likeness (QED) is 0.813. The molecule has 2 fully saturated rings. The molecule has 1 unspecified atom stereocenters. The van der Waals surface area contributed by atoms with E-state index in [2.05, 4.69) is 20.7 Å². The van der Waals surface area contributed by atoms with Crippen LogP contribution in [0, 0.1) is 5.92 Å². The summed E-state index contributed by atoms with van der Waals surface area (Å²) in [5.74, 6) is 1.04. The Morgan fingerprint density at radius 2 is 2.00 bits per heavy atom. The highest BCUT2D eigenvalue weighted by molar-refractivity contribution is 5.96. The number of nitrogens with one attached hydrogen (secondary N) is 2. The van der Waals surface area contributed by atoms with Crippen molar-refractivity contribution in [3.05, 3.63) is 41.7 Å². The first-order valence-electron chi connectivity index (χ1n) is 9.84. The van der Waals surface area contributed by atoms with Crippen molar-refractivity contribution in [1.82, 2.24) is 25.0 Å². The molecule has 1 aromatic heterocycles. The van der Waals surface area contributed by atoms with Gasteiger partial charge in [-0.1, -0.05) is 30.3 Å². The molecule has 0 aliphatic carbocycles. The molecule has 2 saturated heterocycles. The van der Waals surface area contributed by atoms with E-state index in [9.17, 15) is 9.59 Å². The summed E-state index contributed by atoms with van der Waals surface area (Å²) in [5, 5.41) is 10.7. The highest BCUT2D eigenvalue weighted by Gasteiger charge is 2.35. The lowest BCUT2D eigenvalue weighted by molar-refractivity contribution is -0.128. The van der Waals surface area contributed by atoms with Crippen LogP contribution in [0.3, 0.4) is 0 Å². The molecule has 1 atom stereocenters. The minimum absolute atomic E-state index is 0.0114. The number of hydrogen-bond acceptors (Lipinski definition) is 5. The molecule has 148 valence electrons. The number of amides is 2. The molecule has 28 heavy (non-hydrogen) atoms. The van der Waals surface area contributed by atoms with Gasteiger partial charge < -0.3 is 10.2 Å². The number of hydrogen-bond donors (Lipinski definition) is 2. The van der Waals surface area contributed by atoms with Crippen LogP contribution in [0.1, 0.15) is 36.6 Å². The molecule has 0 spiro atoms. The first kappa shape index (κ1) is 18.6. The van der Waals surface area contributed by atoms with Gasteiger partial charge in [-0.3, -0.25) is 14.9 Å². The van der Waals surface area contributed by atoms with Crippen LogP contribution in [-0.4, -0.2) is 51.1 Å². The molecule has 0 radical (unpaired) electrons. The van der Waals surface area contributed by atoms with Gasteiger partial charge in [0.15, 0.2) is 5.82 Å². The highest BCUT2D eigenvalue weighted by atomic mass is 16.2. The fourth-order valence-electron chi connectivity index (χ4n) is 3.88. The van der Waals surface area contributed by atoms with Crippen molar-refractivity contribution in [3.8, 4) is 0 Å². The van der Waals surface area contributed by atoms with Crippen LogP contribution < -0.4 is 10.6 Å². The number of aromatic nitrogens is 3. The predicted molar refractivity (Wildman–Crippen MR) is 104 cm³/mol. The number of carbonyl (C=O) groups excluding carboxylic acids is 2. The third-order valence-electron chi connectivity index (χ3n) is 5.52. The SMILES string of the molecule is Cn1nc(C2CCNCC2)nc1NC(=O)C1CC(=O)N(Cc2ccccc2)C1. The molecule has 2 aromatic rings. The maximum absolute atomic E-state index is 12.7. The van der Waals surface area contributed by atoms with E-state index in [1.54, 1.807) is 16.6 Å². The van der Waals surface area contributed by atoms with Crippen LogP contribution in [0.25, 0.3) is 0 Å². The fourth-order valence-corrected chi connectivity index (χ4v) is 3.88. The number of likely N-dealkylation sites (tertiary alicyclic amines) is 1. The third-order valence-corrected chi connectivity index (χ3v) is 5.52. The van der Waals surface area contributed by atoms with Crippen molar-refractivity contribution >= 4 is 17.8 Å². The molecule has 8 nitrogen and oxygen atoms in total. The van der Waals surface area contributed by atoms with E-state index in [-0.39, 0.29) is 24.2 Å². The van der Waals surface area contributed by atoms with E-state index in [0.717, 1.165) is 37.3 Å². The van der Waals surface area contributed by atoms with Crippen LogP contribution in [0.4, 0.5) is 5.95 Å². The van der Waals surface area contributed by atoms with Gasteiger partial charge in [-0.05, 0) is 31.5 Å². The molecule has 4 rings (SSSR count). The second kappa shape index (κ2) is 8.10. The number of rotatable bonds is 5. The first-order chi connectivity index (χ1) is 13.6. The number of carbonyl (C=O) groups is 2. The van der Waals surface area contributed by atoms with E-state index < -0.39 is 0 Å². The maximum atomic E-state index is 12.7. The zero-order valence-corrected chi connectivity index (χ0v) is 16.1. The smallest absolute Gasteiger partial charge is 0.232 e. The second-order valence-electron chi connectivity index (χ2n) is 7.59. The molecular formula is C20H26N6O2. The van der Waals surface area contributed by atoms with Gasteiger partial charge in [0.05, 0.1) is 5.92 Å². The van der Waals surface area contributed by atoms with Crippen LogP contribution in [-0.2, 0) is 23.2 Å². The van der Waals surface area contributed by atoms with E-state index in [1.807, 2.05) is 30.3 Å². The zero-order valence-electron chi connectivity index (χ0n) is 16.1. The average molecular weight is 382 g/mol. The minimum Gasteiger partial charge on any atom is -0.338 e. The number of aryl methyl sites for hydroxylation is 1. The highest BCUT2D eigenvalue weighted by Crippen LogP contribution is 2.25. The van der Waals surface area contributed by atoms with Crippen molar-refractivity contribution in [2.45, 2.75) is 31.7 Å². The van der Waals surface area contributed by atoms with E-state index >= 15 is 0 Å². The largest absolute Gasteiger partial charge is 0.338 e. The Hall–Kier alpha value is -2.74. The van der Waals surface area contributed by atoms with Gasteiger partial charge >= 0.3 is 0 Å². The van der Waals surface area contributed by atoms with Gasteiger partial charge in [0, 0.05) is 32.5 Å². The van der Waals surface area contributed by atoms with Crippen molar-refractivity contribution in [3.63, 3.8) is 0 Å². The summed E-state index contributed by atoms with van der Waals surface area (Å²) in [6.07, 6.45) is 2.24. The lowest BCUT2D eigenvalue weighted by Gasteiger charge is -2.19. The summed E-state index contributed by atoms with van der Waals surface area (Å²) in [7, 11) is 1.79. The number of benzene rings is 1. The van der Waals surface area contributed by atoms with Crippen LogP contribution >= 0.6 is 0 Å². The maximum Gasteiger partial charge on any atom is 0.232 e. The lowest BCUT2D eigenvalue weighted by atomic mass is 9.98. The average Bonchev–Trinajstić information content (AvgIpc) is 3.26. The van der Waals surface area contributed by atoms with Gasteiger partial charge in [0.25, 0.3) is 0 Å². The summed E-state index contributed by atoms with van der Waals surface area (Å²) >= 11 is 0. The van der Waals surface area contributed by atoms with E-state index in [0.29, 0.717) is 25.0 Å². The Morgan fingerprint density at radius 1 is 1.25 bits per heavy atom. The molecule has 2 amide bonds. The molecule has 3 heterocycles. The Labute approximate surface area is 164 Å². The summed E-state index contributed by atoms with van der Waals surface area (Å²) in [6, 6.07) is 9.83. The molecule has 0 saturated carbocycles. The van der Waals surface area contributed by atoms with Crippen molar-refractivity contribution in [2.24, 2.45) is 13.0 Å². The number of anilines is 1. The van der Waals surface area contributed by atoms with Crippen LogP contribution in [0.5, 0.6) is 0 Å². The summed E-state index contributed by atoms with van der Waals surface area (Å²) < 4.78 is 1.62. The molecule has 2 N–H and O–H groups in total. The van der Waals surface area contributed by atoms with Gasteiger partial charge in [-0.25, -0.2) is 4.68 Å². The predicted octanol–water partition coefficient (Wildman–Crippen LogP) is 1.27. The van der Waals surface area contributed by atoms with E-state index in [4.69, 9.17) is 0 Å². The summed E-state index contributed by atoms with van der Waals surface area (Å²) in [4.78, 5) is 31.3. The molecule has 1 aromatic carbocycles. The minimum atomic E-state index is -0.366. The van der Waals surface area contributed by atoms with Crippen molar-refractivity contribution in [2.75, 3.05) is 25.0 Å². The Kier molecular flexibility index (Phi) is 5.38. The molecule has 0 bridgehead atoms. The second-order valence-corrected chi connectivity index (χ2v) is 7.59. The van der Waals surface area contributed by atoms with Gasteiger partial charge in [-0.15, -0.1) is 0 Å². The molecule has 2 aliphatic rings. The topological polar surface area (TPSA) is 92.1 Å². The first-order valence-corrected chi connectivity index (χ1v) is 9.84. The van der Waals surface area contributed by atoms with Gasteiger partial charge in [-0.2, -0.15) is 10.1 Å². The van der Waals surface area contributed by atoms with Crippen molar-refractivity contribution in [1.29, 1.82) is 0 Å². The zero-order chi connectivity index (χ0) is 19.5. The van der Waals surface area contributed by atoms with E-state index in [1.165, 1.54) is 0 Å². The van der Waals surface area contributed by atoms with Gasteiger partial charge in [0.1, 0.15) is 0 Å². The molecular weight excluding hydrogens is 356 g/mol. The molecule has 2 aliphatic heterocycles. The van der Waals surface area contributed by atoms with Crippen LogP contribution in [0.2, 0.25) is 0 Å². The Bertz CT molecular complexity index is 844. The summed E-state index contributed by atoms with van der Waals surface area (Å²) in [6.45, 7) is 2.89. The standard InChI is InChI=1S/C20H26N6O2/c1-25-20(22-18(24-25)15-7-9-21-10-8-15)23-19(28)16-11-17(27)26(13-16)12-14-5-3-2-4-6-14/h2-6,15-16,21H,7-13H2,1H3,(H,22,23,24,28). The Balaban J connectivity index is 1.37. The normalized spacial score (nSPS) is 20.5. The number of nitrogens with zero attached hydrogens (tertiary/aromatic N) is 4. The van der Waals surface area contributed by atoms with Gasteiger partial charge in [0.2, 0.25) is 17.8 Å².